The van der Waals surface area contributed by atoms with Crippen LogP contribution in [0.2, 0.25) is 0 Å². The molecule has 0 atom stereocenters. The van der Waals surface area contributed by atoms with Crippen LogP contribution in [-0.4, -0.2) is 23.9 Å². The van der Waals surface area contributed by atoms with E-state index in [1.165, 1.54) is 11.3 Å². The smallest absolute Gasteiger partial charge is 0.262 e. The minimum Gasteiger partial charge on any atom is -0.354 e. The van der Waals surface area contributed by atoms with Gasteiger partial charge in [-0.15, -0.1) is 11.3 Å². The third-order valence-corrected chi connectivity index (χ3v) is 5.60. The number of unbranched alkanes of at least 4 members (excludes halogenated alkanes) is 1. The van der Waals surface area contributed by atoms with E-state index in [1.807, 2.05) is 18.4 Å². The molecule has 4 nitrogen and oxygen atoms in total. The summed E-state index contributed by atoms with van der Waals surface area (Å²) in [6.07, 6.45) is 7.46. The summed E-state index contributed by atoms with van der Waals surface area (Å²) in [6, 6.07) is 1.99. The van der Waals surface area contributed by atoms with Gasteiger partial charge in [-0.05, 0) is 42.7 Å². The van der Waals surface area contributed by atoms with Crippen LogP contribution in [0.4, 0.5) is 0 Å². The molecule has 2 N–H and O–H groups in total. The van der Waals surface area contributed by atoms with Gasteiger partial charge >= 0.3 is 0 Å². The van der Waals surface area contributed by atoms with Gasteiger partial charge in [0.05, 0.1) is 4.88 Å². The SMILES string of the molecule is CCCCNC(=O)C1(NC(=O)c2sccc2CC)CCCCC1. The molecular weight excluding hydrogens is 308 g/mol. The lowest BCUT2D eigenvalue weighted by Gasteiger charge is -2.36. The number of amides is 2. The molecule has 128 valence electrons. The summed E-state index contributed by atoms with van der Waals surface area (Å²) < 4.78 is 0. The molecule has 2 amide bonds. The highest BCUT2D eigenvalue weighted by Gasteiger charge is 2.41. The van der Waals surface area contributed by atoms with Gasteiger partial charge in [0.25, 0.3) is 5.91 Å². The van der Waals surface area contributed by atoms with E-state index < -0.39 is 5.54 Å². The molecule has 0 aromatic carbocycles. The average molecular weight is 337 g/mol. The fourth-order valence-corrected chi connectivity index (χ4v) is 4.09. The van der Waals surface area contributed by atoms with Crippen LogP contribution in [0.1, 0.15) is 74.0 Å². The topological polar surface area (TPSA) is 58.2 Å². The minimum absolute atomic E-state index is 0.00592. The summed E-state index contributed by atoms with van der Waals surface area (Å²) >= 11 is 1.46. The van der Waals surface area contributed by atoms with Crippen LogP contribution in [0.3, 0.4) is 0 Å². The lowest BCUT2D eigenvalue weighted by atomic mass is 9.80. The monoisotopic (exact) mass is 336 g/mol. The van der Waals surface area contributed by atoms with Crippen LogP contribution in [0.5, 0.6) is 0 Å². The van der Waals surface area contributed by atoms with Gasteiger partial charge in [-0.3, -0.25) is 9.59 Å². The van der Waals surface area contributed by atoms with E-state index in [4.69, 9.17) is 0 Å². The minimum atomic E-state index is -0.724. The number of nitrogens with one attached hydrogen (secondary N) is 2. The van der Waals surface area contributed by atoms with Crippen molar-refractivity contribution in [3.05, 3.63) is 21.9 Å². The number of hydrogen-bond acceptors (Lipinski definition) is 3. The maximum absolute atomic E-state index is 12.7. The summed E-state index contributed by atoms with van der Waals surface area (Å²) in [6.45, 7) is 4.84. The number of hydrogen-bond donors (Lipinski definition) is 2. The van der Waals surface area contributed by atoms with E-state index >= 15 is 0 Å². The van der Waals surface area contributed by atoms with Crippen molar-refractivity contribution in [1.82, 2.24) is 10.6 Å². The van der Waals surface area contributed by atoms with Crippen molar-refractivity contribution in [2.45, 2.75) is 70.8 Å². The van der Waals surface area contributed by atoms with Gasteiger partial charge in [0, 0.05) is 6.54 Å². The number of carbonyl (C=O) groups excluding carboxylic acids is 2. The third-order valence-electron chi connectivity index (χ3n) is 4.64. The first-order valence-corrected chi connectivity index (χ1v) is 9.68. The van der Waals surface area contributed by atoms with Gasteiger partial charge in [-0.1, -0.05) is 39.5 Å². The van der Waals surface area contributed by atoms with Crippen molar-refractivity contribution >= 4 is 23.2 Å². The summed E-state index contributed by atoms with van der Waals surface area (Å²) in [5.74, 6) is -0.0991. The summed E-state index contributed by atoms with van der Waals surface area (Å²) in [5, 5.41) is 8.07. The molecule has 1 fully saturated rings. The Labute approximate surface area is 143 Å². The van der Waals surface area contributed by atoms with Crippen molar-refractivity contribution in [2.75, 3.05) is 6.54 Å². The summed E-state index contributed by atoms with van der Waals surface area (Å²) in [4.78, 5) is 26.2. The maximum Gasteiger partial charge on any atom is 0.262 e. The van der Waals surface area contributed by atoms with Gasteiger partial charge in [-0.25, -0.2) is 0 Å². The van der Waals surface area contributed by atoms with Gasteiger partial charge in [0.1, 0.15) is 5.54 Å². The van der Waals surface area contributed by atoms with Crippen LogP contribution in [0.15, 0.2) is 11.4 Å². The van der Waals surface area contributed by atoms with Gasteiger partial charge in [-0.2, -0.15) is 0 Å². The van der Waals surface area contributed by atoms with Gasteiger partial charge in [0.15, 0.2) is 0 Å². The Balaban J connectivity index is 2.11. The van der Waals surface area contributed by atoms with Gasteiger partial charge in [0.2, 0.25) is 5.91 Å². The molecule has 2 rings (SSSR count). The van der Waals surface area contributed by atoms with E-state index in [2.05, 4.69) is 17.6 Å². The molecular formula is C18H28N2O2S. The Kier molecular flexibility index (Phi) is 6.63. The molecule has 1 aromatic heterocycles. The zero-order valence-electron chi connectivity index (χ0n) is 14.2. The van der Waals surface area contributed by atoms with E-state index in [9.17, 15) is 9.59 Å². The first kappa shape index (κ1) is 18.0. The first-order chi connectivity index (χ1) is 11.1. The molecule has 5 heteroatoms. The molecule has 0 unspecified atom stereocenters. The number of aryl methyl sites for hydroxylation is 1. The van der Waals surface area contributed by atoms with Crippen LogP contribution >= 0.6 is 11.3 Å². The van der Waals surface area contributed by atoms with Crippen LogP contribution in [0, 0.1) is 0 Å². The van der Waals surface area contributed by atoms with E-state index in [0.29, 0.717) is 6.54 Å². The number of carbonyl (C=O) groups is 2. The molecule has 1 heterocycles. The van der Waals surface area contributed by atoms with Crippen LogP contribution in [-0.2, 0) is 11.2 Å². The van der Waals surface area contributed by atoms with Crippen molar-refractivity contribution in [1.29, 1.82) is 0 Å². The van der Waals surface area contributed by atoms with E-state index in [0.717, 1.165) is 61.8 Å². The Bertz CT molecular complexity index is 533. The van der Waals surface area contributed by atoms with Crippen LogP contribution < -0.4 is 10.6 Å². The van der Waals surface area contributed by atoms with Crippen LogP contribution in [0.25, 0.3) is 0 Å². The average Bonchev–Trinajstić information content (AvgIpc) is 3.04. The zero-order chi connectivity index (χ0) is 16.7. The molecule has 0 saturated heterocycles. The summed E-state index contributed by atoms with van der Waals surface area (Å²) in [5.41, 5.74) is 0.336. The number of rotatable bonds is 7. The summed E-state index contributed by atoms with van der Waals surface area (Å²) in [7, 11) is 0. The Hall–Kier alpha value is -1.36. The normalized spacial score (nSPS) is 16.8. The molecule has 0 aliphatic heterocycles. The number of thiophene rings is 1. The molecule has 0 radical (unpaired) electrons. The predicted octanol–water partition coefficient (Wildman–Crippen LogP) is 3.66. The van der Waals surface area contributed by atoms with E-state index in [-0.39, 0.29) is 11.8 Å². The standard InChI is InChI=1S/C18H28N2O2S/c1-3-5-12-19-17(22)18(10-7-6-8-11-18)20-16(21)15-14(4-2)9-13-23-15/h9,13H,3-8,10-12H2,1-2H3,(H,19,22)(H,20,21). The molecule has 23 heavy (non-hydrogen) atoms. The second-order valence-corrected chi connectivity index (χ2v) is 7.25. The molecule has 1 saturated carbocycles. The van der Waals surface area contributed by atoms with Crippen molar-refractivity contribution < 1.29 is 9.59 Å². The second kappa shape index (κ2) is 8.48. The first-order valence-electron chi connectivity index (χ1n) is 8.80. The maximum atomic E-state index is 12.7. The highest BCUT2D eigenvalue weighted by Crippen LogP contribution is 2.30. The molecule has 1 aliphatic rings. The Morgan fingerprint density at radius 2 is 1.96 bits per heavy atom. The fraction of sp³-hybridized carbons (Fsp3) is 0.667. The second-order valence-electron chi connectivity index (χ2n) is 6.33. The van der Waals surface area contributed by atoms with Crippen molar-refractivity contribution in [3.63, 3.8) is 0 Å². The van der Waals surface area contributed by atoms with Gasteiger partial charge < -0.3 is 10.6 Å². The van der Waals surface area contributed by atoms with E-state index in [1.54, 1.807) is 0 Å². The lowest BCUT2D eigenvalue weighted by Crippen LogP contribution is -2.59. The molecule has 1 aromatic rings. The molecule has 0 bridgehead atoms. The molecule has 0 spiro atoms. The Morgan fingerprint density at radius 1 is 1.22 bits per heavy atom. The quantitative estimate of drug-likeness (QED) is 0.747. The van der Waals surface area contributed by atoms with Crippen molar-refractivity contribution in [3.8, 4) is 0 Å². The zero-order valence-corrected chi connectivity index (χ0v) is 15.1. The predicted molar refractivity (Wildman–Crippen MR) is 94.9 cm³/mol. The highest BCUT2D eigenvalue weighted by molar-refractivity contribution is 7.12. The van der Waals surface area contributed by atoms with Crippen molar-refractivity contribution in [2.24, 2.45) is 0 Å². The third kappa shape index (κ3) is 4.34. The highest BCUT2D eigenvalue weighted by atomic mass is 32.1. The molecule has 1 aliphatic carbocycles. The Morgan fingerprint density at radius 3 is 2.61 bits per heavy atom. The lowest BCUT2D eigenvalue weighted by molar-refractivity contribution is -0.128. The fourth-order valence-electron chi connectivity index (χ4n) is 3.20. The largest absolute Gasteiger partial charge is 0.354 e.